The Balaban J connectivity index is 1.50. The highest BCUT2D eigenvalue weighted by Crippen LogP contribution is 2.30. The zero-order valence-electron chi connectivity index (χ0n) is 19.4. The van der Waals surface area contributed by atoms with Crippen LogP contribution in [0.5, 0.6) is 0 Å². The molecule has 4 rings (SSSR count). The highest BCUT2D eigenvalue weighted by Gasteiger charge is 2.41. The zero-order chi connectivity index (χ0) is 25.2. The van der Waals surface area contributed by atoms with Gasteiger partial charge in [-0.05, 0) is 49.6 Å². The SMILES string of the molecule is CC(C(=O)NC1CCCC1)N(Cc1ccc(Br)cc1)C(=O)CCN1C(=O)c2ccccc2S1(=O)=O. The molecular weight excluding hydrogens is 534 g/mol. The third-order valence-corrected chi connectivity index (χ3v) is 8.94. The fourth-order valence-corrected chi connectivity index (χ4v) is 6.39. The summed E-state index contributed by atoms with van der Waals surface area (Å²) in [6.45, 7) is 1.57. The van der Waals surface area contributed by atoms with Crippen LogP contribution in [-0.2, 0) is 26.2 Å². The number of halogens is 1. The van der Waals surface area contributed by atoms with Gasteiger partial charge in [-0.25, -0.2) is 12.7 Å². The summed E-state index contributed by atoms with van der Waals surface area (Å²) in [5, 5.41) is 3.04. The van der Waals surface area contributed by atoms with Gasteiger partial charge in [-0.2, -0.15) is 0 Å². The van der Waals surface area contributed by atoms with Gasteiger partial charge in [-0.15, -0.1) is 0 Å². The van der Waals surface area contributed by atoms with E-state index in [1.165, 1.54) is 17.0 Å². The van der Waals surface area contributed by atoms with Gasteiger partial charge in [-0.3, -0.25) is 14.4 Å². The molecule has 1 saturated carbocycles. The second kappa shape index (κ2) is 10.5. The van der Waals surface area contributed by atoms with Crippen molar-refractivity contribution in [1.82, 2.24) is 14.5 Å². The highest BCUT2D eigenvalue weighted by atomic mass is 79.9. The van der Waals surface area contributed by atoms with Gasteiger partial charge in [-0.1, -0.05) is 53.0 Å². The van der Waals surface area contributed by atoms with Crippen LogP contribution in [0.1, 0.15) is 54.9 Å². The minimum atomic E-state index is -4.00. The number of benzene rings is 2. The summed E-state index contributed by atoms with van der Waals surface area (Å²) in [5.74, 6) is -1.28. The number of hydrogen-bond donors (Lipinski definition) is 1. The molecule has 1 unspecified atom stereocenters. The maximum atomic E-state index is 13.3. The Morgan fingerprint density at radius 1 is 1.11 bits per heavy atom. The van der Waals surface area contributed by atoms with Crippen molar-refractivity contribution in [2.24, 2.45) is 0 Å². The molecule has 1 atom stereocenters. The zero-order valence-corrected chi connectivity index (χ0v) is 21.8. The summed E-state index contributed by atoms with van der Waals surface area (Å²) in [7, 11) is -4.00. The lowest BCUT2D eigenvalue weighted by Gasteiger charge is -2.30. The largest absolute Gasteiger partial charge is 0.352 e. The van der Waals surface area contributed by atoms with Gasteiger partial charge in [0, 0.05) is 30.0 Å². The number of rotatable bonds is 8. The van der Waals surface area contributed by atoms with Crippen LogP contribution in [0, 0.1) is 0 Å². The Bertz CT molecular complexity index is 1230. The van der Waals surface area contributed by atoms with Crippen LogP contribution in [0.25, 0.3) is 0 Å². The third kappa shape index (κ3) is 5.43. The standard InChI is InChI=1S/C25H28BrN3O5S/c1-17(24(31)27-20-6-2-3-7-20)28(16-18-10-12-19(26)13-11-18)23(30)14-15-29-25(32)21-8-4-5-9-22(21)35(29,33)34/h4-5,8-13,17,20H,2-3,6-7,14-16H2,1H3,(H,27,31). The van der Waals surface area contributed by atoms with E-state index in [9.17, 15) is 22.8 Å². The van der Waals surface area contributed by atoms with Crippen LogP contribution >= 0.6 is 15.9 Å². The van der Waals surface area contributed by atoms with Crippen molar-refractivity contribution < 1.29 is 22.8 Å². The monoisotopic (exact) mass is 561 g/mol. The number of carbonyl (C=O) groups excluding carboxylic acids is 3. The molecule has 10 heteroatoms. The fourth-order valence-electron chi connectivity index (χ4n) is 4.55. The number of fused-ring (bicyclic) bond motifs is 1. The Labute approximate surface area is 213 Å². The summed E-state index contributed by atoms with van der Waals surface area (Å²) >= 11 is 3.39. The fraction of sp³-hybridized carbons (Fsp3) is 0.400. The molecule has 2 aliphatic rings. The molecule has 8 nitrogen and oxygen atoms in total. The van der Waals surface area contributed by atoms with Crippen molar-refractivity contribution in [3.05, 3.63) is 64.1 Å². The molecule has 0 bridgehead atoms. The summed E-state index contributed by atoms with van der Waals surface area (Å²) in [6, 6.07) is 12.8. The number of nitrogens with one attached hydrogen (secondary N) is 1. The second-order valence-electron chi connectivity index (χ2n) is 8.94. The third-order valence-electron chi connectivity index (χ3n) is 6.58. The van der Waals surface area contributed by atoms with Crippen LogP contribution in [-0.4, -0.2) is 54.0 Å². The first-order valence-corrected chi connectivity index (χ1v) is 13.9. The molecule has 0 radical (unpaired) electrons. The van der Waals surface area contributed by atoms with E-state index in [-0.39, 0.29) is 41.9 Å². The van der Waals surface area contributed by atoms with Crippen molar-refractivity contribution in [2.75, 3.05) is 6.54 Å². The van der Waals surface area contributed by atoms with E-state index >= 15 is 0 Å². The minimum Gasteiger partial charge on any atom is -0.352 e. The molecule has 1 fully saturated rings. The van der Waals surface area contributed by atoms with Crippen molar-refractivity contribution in [3.8, 4) is 0 Å². The molecule has 0 saturated heterocycles. The Morgan fingerprint density at radius 2 is 1.77 bits per heavy atom. The normalized spacial score (nSPS) is 17.8. The van der Waals surface area contributed by atoms with Gasteiger partial charge in [0.25, 0.3) is 15.9 Å². The molecule has 0 spiro atoms. The topological polar surface area (TPSA) is 104 Å². The summed E-state index contributed by atoms with van der Waals surface area (Å²) in [5.41, 5.74) is 0.940. The van der Waals surface area contributed by atoms with E-state index in [0.29, 0.717) is 0 Å². The van der Waals surface area contributed by atoms with Gasteiger partial charge >= 0.3 is 0 Å². The molecule has 2 aromatic rings. The van der Waals surface area contributed by atoms with Crippen LogP contribution < -0.4 is 5.32 Å². The van der Waals surface area contributed by atoms with E-state index < -0.39 is 27.9 Å². The van der Waals surface area contributed by atoms with Crippen LogP contribution in [0.2, 0.25) is 0 Å². The quantitative estimate of drug-likeness (QED) is 0.531. The average molecular weight is 562 g/mol. The smallest absolute Gasteiger partial charge is 0.269 e. The van der Waals surface area contributed by atoms with Gasteiger partial charge < -0.3 is 10.2 Å². The molecule has 1 N–H and O–H groups in total. The van der Waals surface area contributed by atoms with Crippen molar-refractivity contribution in [1.29, 1.82) is 0 Å². The molecule has 186 valence electrons. The lowest BCUT2D eigenvalue weighted by atomic mass is 10.1. The van der Waals surface area contributed by atoms with Gasteiger partial charge in [0.2, 0.25) is 11.8 Å². The maximum absolute atomic E-state index is 13.3. The molecule has 1 aliphatic carbocycles. The van der Waals surface area contributed by atoms with Crippen molar-refractivity contribution in [3.63, 3.8) is 0 Å². The number of sulfonamides is 1. The first-order chi connectivity index (χ1) is 16.7. The number of carbonyl (C=O) groups is 3. The predicted molar refractivity (Wildman–Crippen MR) is 134 cm³/mol. The average Bonchev–Trinajstić information content (AvgIpc) is 3.42. The highest BCUT2D eigenvalue weighted by molar-refractivity contribution is 9.10. The molecule has 0 aromatic heterocycles. The first kappa shape index (κ1) is 25.4. The number of amides is 3. The number of nitrogens with zero attached hydrogens (tertiary/aromatic N) is 2. The van der Waals surface area contributed by atoms with Gasteiger partial charge in [0.05, 0.1) is 5.56 Å². The van der Waals surface area contributed by atoms with Crippen LogP contribution in [0.4, 0.5) is 0 Å². The lowest BCUT2D eigenvalue weighted by Crippen LogP contribution is -2.50. The molecular formula is C25H28BrN3O5S. The van der Waals surface area contributed by atoms with E-state index in [0.717, 1.165) is 40.0 Å². The Morgan fingerprint density at radius 3 is 2.43 bits per heavy atom. The maximum Gasteiger partial charge on any atom is 0.269 e. The Kier molecular flexibility index (Phi) is 7.61. The number of hydrogen-bond acceptors (Lipinski definition) is 5. The molecule has 2 aromatic carbocycles. The van der Waals surface area contributed by atoms with Gasteiger partial charge in [0.1, 0.15) is 10.9 Å². The first-order valence-electron chi connectivity index (χ1n) is 11.7. The van der Waals surface area contributed by atoms with E-state index in [2.05, 4.69) is 21.2 Å². The van der Waals surface area contributed by atoms with Crippen molar-refractivity contribution >= 4 is 43.7 Å². The van der Waals surface area contributed by atoms with E-state index in [4.69, 9.17) is 0 Å². The van der Waals surface area contributed by atoms with Gasteiger partial charge in [0.15, 0.2) is 0 Å². The second-order valence-corrected chi connectivity index (χ2v) is 11.7. The van der Waals surface area contributed by atoms with E-state index in [1.807, 2.05) is 24.3 Å². The lowest BCUT2D eigenvalue weighted by molar-refractivity contribution is -0.140. The molecule has 1 heterocycles. The van der Waals surface area contributed by atoms with E-state index in [1.54, 1.807) is 19.1 Å². The molecule has 35 heavy (non-hydrogen) atoms. The summed E-state index contributed by atoms with van der Waals surface area (Å²) in [4.78, 5) is 40.4. The summed E-state index contributed by atoms with van der Waals surface area (Å²) in [6.07, 6.45) is 3.77. The molecule has 1 aliphatic heterocycles. The summed E-state index contributed by atoms with van der Waals surface area (Å²) < 4.78 is 27.3. The van der Waals surface area contributed by atoms with Crippen LogP contribution in [0.3, 0.4) is 0 Å². The van der Waals surface area contributed by atoms with Crippen molar-refractivity contribution in [2.45, 2.75) is 62.6 Å². The Hall–Kier alpha value is -2.72. The van der Waals surface area contributed by atoms with Crippen LogP contribution in [0.15, 0.2) is 57.9 Å². The minimum absolute atomic E-state index is 0.0477. The predicted octanol–water partition coefficient (Wildman–Crippen LogP) is 3.46. The molecule has 3 amide bonds.